The van der Waals surface area contributed by atoms with Crippen molar-refractivity contribution < 1.29 is 4.79 Å². The molecule has 116 valence electrons. The van der Waals surface area contributed by atoms with Crippen LogP contribution in [-0.4, -0.2) is 20.7 Å². The summed E-state index contributed by atoms with van der Waals surface area (Å²) in [5.74, 6) is -0.261. The van der Waals surface area contributed by atoms with Gasteiger partial charge < -0.3 is 10.6 Å². The lowest BCUT2D eigenvalue weighted by Gasteiger charge is -2.07. The second-order valence-electron chi connectivity index (χ2n) is 5.26. The topological polar surface area (TPSA) is 71.8 Å². The molecule has 3 aromatic rings. The fourth-order valence-electron chi connectivity index (χ4n) is 2.25. The maximum Gasteiger partial charge on any atom is 0.278 e. The maximum absolute atomic E-state index is 12.5. The van der Waals surface area contributed by atoms with Crippen LogP contribution < -0.4 is 10.6 Å². The quantitative estimate of drug-likeness (QED) is 0.777. The van der Waals surface area contributed by atoms with Gasteiger partial charge in [0.25, 0.3) is 5.91 Å². The number of amides is 1. The third kappa shape index (κ3) is 3.55. The normalized spacial score (nSPS) is 10.3. The minimum atomic E-state index is -0.261. The Bertz CT molecular complexity index is 826. The number of hydrogen-bond donors (Lipinski definition) is 2. The second kappa shape index (κ2) is 6.31. The summed E-state index contributed by atoms with van der Waals surface area (Å²) in [4.78, 5) is 16.6. The number of pyridine rings is 1. The molecule has 0 spiro atoms. The van der Waals surface area contributed by atoms with E-state index >= 15 is 0 Å². The van der Waals surface area contributed by atoms with E-state index in [1.807, 2.05) is 43.3 Å². The van der Waals surface area contributed by atoms with Crippen LogP contribution in [-0.2, 0) is 7.05 Å². The number of carbonyl (C=O) groups is 1. The molecule has 0 atom stereocenters. The monoisotopic (exact) mass is 307 g/mol. The number of rotatable bonds is 4. The smallest absolute Gasteiger partial charge is 0.278 e. The van der Waals surface area contributed by atoms with Gasteiger partial charge in [-0.25, -0.2) is 0 Å². The van der Waals surface area contributed by atoms with Crippen molar-refractivity contribution in [2.45, 2.75) is 6.92 Å². The highest BCUT2D eigenvalue weighted by molar-refractivity contribution is 6.06. The Morgan fingerprint density at radius 3 is 2.74 bits per heavy atom. The third-order valence-corrected chi connectivity index (χ3v) is 3.26. The van der Waals surface area contributed by atoms with E-state index in [0.29, 0.717) is 11.4 Å². The number of nitrogens with one attached hydrogen (secondary N) is 2. The number of nitrogens with zero attached hydrogens (tertiary/aromatic N) is 3. The van der Waals surface area contributed by atoms with Crippen LogP contribution in [0.2, 0.25) is 0 Å². The highest BCUT2D eigenvalue weighted by atomic mass is 16.2. The Kier molecular flexibility index (Phi) is 4.05. The number of carbonyl (C=O) groups excluding carboxylic acids is 1. The van der Waals surface area contributed by atoms with E-state index in [1.165, 1.54) is 0 Å². The molecule has 0 radical (unpaired) electrons. The zero-order chi connectivity index (χ0) is 16.2. The number of aryl methyl sites for hydroxylation is 2. The molecule has 0 aliphatic heterocycles. The number of aromatic nitrogens is 3. The van der Waals surface area contributed by atoms with Crippen molar-refractivity contribution in [3.05, 3.63) is 66.2 Å². The van der Waals surface area contributed by atoms with E-state index in [4.69, 9.17) is 0 Å². The number of anilines is 3. The minimum absolute atomic E-state index is 0.261. The van der Waals surface area contributed by atoms with Crippen LogP contribution in [0.1, 0.15) is 16.1 Å². The zero-order valence-corrected chi connectivity index (χ0v) is 12.9. The molecule has 0 saturated carbocycles. The van der Waals surface area contributed by atoms with E-state index in [2.05, 4.69) is 20.7 Å². The lowest BCUT2D eigenvalue weighted by atomic mass is 10.2. The molecule has 23 heavy (non-hydrogen) atoms. The van der Waals surface area contributed by atoms with Gasteiger partial charge in [0.1, 0.15) is 0 Å². The summed E-state index contributed by atoms with van der Waals surface area (Å²) < 4.78 is 1.60. The van der Waals surface area contributed by atoms with Gasteiger partial charge in [-0.15, -0.1) is 0 Å². The minimum Gasteiger partial charge on any atom is -0.351 e. The van der Waals surface area contributed by atoms with Crippen LogP contribution in [0.5, 0.6) is 0 Å². The van der Waals surface area contributed by atoms with Gasteiger partial charge in [-0.3, -0.25) is 14.5 Å². The van der Waals surface area contributed by atoms with Crippen molar-refractivity contribution in [1.82, 2.24) is 14.8 Å². The Balaban J connectivity index is 1.83. The van der Waals surface area contributed by atoms with Crippen molar-refractivity contribution in [3.8, 4) is 0 Å². The molecule has 0 bridgehead atoms. The Morgan fingerprint density at radius 1 is 1.17 bits per heavy atom. The van der Waals surface area contributed by atoms with Crippen LogP contribution in [0.25, 0.3) is 0 Å². The lowest BCUT2D eigenvalue weighted by Crippen LogP contribution is -2.14. The summed E-state index contributed by atoms with van der Waals surface area (Å²) in [6.45, 7) is 1.98. The predicted molar refractivity (Wildman–Crippen MR) is 89.9 cm³/mol. The van der Waals surface area contributed by atoms with Crippen molar-refractivity contribution in [2.75, 3.05) is 10.6 Å². The van der Waals surface area contributed by atoms with E-state index in [9.17, 15) is 4.79 Å². The fourth-order valence-corrected chi connectivity index (χ4v) is 2.25. The number of benzene rings is 1. The van der Waals surface area contributed by atoms with Gasteiger partial charge in [0.05, 0.1) is 17.6 Å². The zero-order valence-electron chi connectivity index (χ0n) is 12.9. The van der Waals surface area contributed by atoms with E-state index in [1.54, 1.807) is 30.3 Å². The van der Waals surface area contributed by atoms with Gasteiger partial charge in [0.2, 0.25) is 0 Å². The van der Waals surface area contributed by atoms with Gasteiger partial charge in [0.15, 0.2) is 5.69 Å². The predicted octanol–water partition coefficient (Wildman–Crippen LogP) is 3.12. The summed E-state index contributed by atoms with van der Waals surface area (Å²) in [6, 6.07) is 11.3. The molecule has 6 nitrogen and oxygen atoms in total. The second-order valence-corrected chi connectivity index (χ2v) is 5.26. The summed E-state index contributed by atoms with van der Waals surface area (Å²) >= 11 is 0. The van der Waals surface area contributed by atoms with Crippen molar-refractivity contribution in [3.63, 3.8) is 0 Å². The van der Waals surface area contributed by atoms with E-state index in [-0.39, 0.29) is 5.91 Å². The molecule has 6 heteroatoms. The van der Waals surface area contributed by atoms with Crippen LogP contribution in [0, 0.1) is 6.92 Å². The first kappa shape index (κ1) is 14.8. The largest absolute Gasteiger partial charge is 0.351 e. The molecule has 0 aliphatic carbocycles. The molecule has 0 saturated heterocycles. The van der Waals surface area contributed by atoms with Gasteiger partial charge in [0, 0.05) is 25.1 Å². The van der Waals surface area contributed by atoms with Crippen LogP contribution in [0.15, 0.2) is 55.0 Å². The molecule has 2 heterocycles. The summed E-state index contributed by atoms with van der Waals surface area (Å²) in [6.07, 6.45) is 5.15. The average molecular weight is 307 g/mol. The molecule has 2 aromatic heterocycles. The third-order valence-electron chi connectivity index (χ3n) is 3.26. The summed E-state index contributed by atoms with van der Waals surface area (Å²) in [5, 5.41) is 10.3. The lowest BCUT2D eigenvalue weighted by molar-refractivity contribution is 0.102. The van der Waals surface area contributed by atoms with E-state index in [0.717, 1.165) is 16.9 Å². The molecule has 1 amide bonds. The average Bonchev–Trinajstić information content (AvgIpc) is 2.89. The maximum atomic E-state index is 12.5. The number of hydrogen-bond acceptors (Lipinski definition) is 4. The van der Waals surface area contributed by atoms with Crippen molar-refractivity contribution >= 4 is 23.0 Å². The van der Waals surface area contributed by atoms with Gasteiger partial charge >= 0.3 is 0 Å². The molecule has 3 rings (SSSR count). The van der Waals surface area contributed by atoms with Crippen LogP contribution in [0.3, 0.4) is 0 Å². The fraction of sp³-hybridized carbons (Fsp3) is 0.118. The Morgan fingerprint density at radius 2 is 2.00 bits per heavy atom. The molecule has 0 fully saturated rings. The van der Waals surface area contributed by atoms with E-state index < -0.39 is 0 Å². The molecule has 2 N–H and O–H groups in total. The molecule has 1 aromatic carbocycles. The Hall–Kier alpha value is -3.15. The van der Waals surface area contributed by atoms with Gasteiger partial charge in [-0.1, -0.05) is 12.1 Å². The summed E-state index contributed by atoms with van der Waals surface area (Å²) in [7, 11) is 1.78. The first-order chi connectivity index (χ1) is 11.1. The molecule has 0 unspecified atom stereocenters. The summed E-state index contributed by atoms with van der Waals surface area (Å²) in [5.41, 5.74) is 3.58. The van der Waals surface area contributed by atoms with Crippen molar-refractivity contribution in [2.24, 2.45) is 7.05 Å². The van der Waals surface area contributed by atoms with Crippen molar-refractivity contribution in [1.29, 1.82) is 0 Å². The molecular weight excluding hydrogens is 290 g/mol. The highest BCUT2D eigenvalue weighted by Crippen LogP contribution is 2.20. The van der Waals surface area contributed by atoms with Crippen LogP contribution >= 0.6 is 0 Å². The van der Waals surface area contributed by atoms with Crippen LogP contribution in [0.4, 0.5) is 17.1 Å². The van der Waals surface area contributed by atoms with Gasteiger partial charge in [-0.05, 0) is 36.8 Å². The standard InChI is InChI=1S/C17H17N5O/c1-12-5-3-6-13(9-12)20-17(23)16-15(11-22(2)21-16)19-14-7-4-8-18-10-14/h3-11,19H,1-2H3,(H,20,23). The highest BCUT2D eigenvalue weighted by Gasteiger charge is 2.16. The SMILES string of the molecule is Cc1cccc(NC(=O)c2nn(C)cc2Nc2cccnc2)c1. The molecule has 0 aliphatic rings. The van der Waals surface area contributed by atoms with Gasteiger partial charge in [-0.2, -0.15) is 5.10 Å². The first-order valence-electron chi connectivity index (χ1n) is 7.20. The molecular formula is C17H17N5O. The Labute approximate surface area is 134 Å². The first-order valence-corrected chi connectivity index (χ1v) is 7.20.